The second-order valence-corrected chi connectivity index (χ2v) is 6.56. The summed E-state index contributed by atoms with van der Waals surface area (Å²) < 4.78 is 5.16. The van der Waals surface area contributed by atoms with Crippen LogP contribution in [0.1, 0.15) is 26.2 Å². The second-order valence-electron chi connectivity index (χ2n) is 6.56. The number of carbonyl (C=O) groups excluding carboxylic acids is 1. The summed E-state index contributed by atoms with van der Waals surface area (Å²) in [6.07, 6.45) is -0.0375. The van der Waals surface area contributed by atoms with Gasteiger partial charge >= 0.3 is 29.8 Å². The number of hydrogen-bond acceptors (Lipinski definition) is 8. The highest BCUT2D eigenvalue weighted by Crippen LogP contribution is 2.29. The molecular weight excluding hydrogens is 380 g/mol. The van der Waals surface area contributed by atoms with E-state index in [9.17, 15) is 24.0 Å². The number of carboxylic acid groups (broad SMARTS) is 4. The molecule has 1 aliphatic carbocycles. The largest absolute Gasteiger partial charge is 0.480 e. The molecule has 1 aliphatic rings. The molecule has 0 radical (unpaired) electrons. The summed E-state index contributed by atoms with van der Waals surface area (Å²) in [4.78, 5) is 58.3. The number of carboxylic acids is 4. The van der Waals surface area contributed by atoms with Gasteiger partial charge in [-0.1, -0.05) is 0 Å². The Bertz CT molecular complexity index is 591. The van der Waals surface area contributed by atoms with Crippen molar-refractivity contribution in [2.24, 2.45) is 0 Å². The Morgan fingerprint density at radius 3 is 1.50 bits per heavy atom. The Morgan fingerprint density at radius 2 is 1.14 bits per heavy atom. The number of nitrogens with zero attached hydrogens (tertiary/aromatic N) is 2. The van der Waals surface area contributed by atoms with E-state index in [1.807, 2.05) is 0 Å². The van der Waals surface area contributed by atoms with Crippen molar-refractivity contribution in [2.75, 3.05) is 26.2 Å². The third-order valence-corrected chi connectivity index (χ3v) is 4.36. The average Bonchev–Trinajstić information content (AvgIpc) is 2.51. The third kappa shape index (κ3) is 7.88. The zero-order valence-electron chi connectivity index (χ0n) is 15.3. The minimum atomic E-state index is -1.29. The molecule has 0 aromatic rings. The van der Waals surface area contributed by atoms with E-state index in [2.05, 4.69) is 0 Å². The van der Waals surface area contributed by atoms with E-state index >= 15 is 0 Å². The van der Waals surface area contributed by atoms with E-state index < -0.39 is 74.2 Å². The number of esters is 1. The number of aliphatic carboxylic acids is 4. The maximum atomic E-state index is 11.3. The van der Waals surface area contributed by atoms with Gasteiger partial charge in [0.1, 0.15) is 6.10 Å². The van der Waals surface area contributed by atoms with Crippen LogP contribution in [0.4, 0.5) is 0 Å². The highest BCUT2D eigenvalue weighted by molar-refractivity contribution is 5.73. The molecule has 1 saturated carbocycles. The normalized spacial score (nSPS) is 22.0. The van der Waals surface area contributed by atoms with E-state index in [1.165, 1.54) is 6.92 Å². The molecule has 12 heteroatoms. The molecule has 0 aromatic carbocycles. The molecule has 0 amide bonds. The molecule has 0 bridgehead atoms. The standard InChI is InChI=1S/C16H24N2O10/c1-9(19)28-10-2-3-11(17(5-13(20)21)6-14(22)23)12(4-10)18(7-15(24)25)8-16(26)27/h10-12H,2-8H2,1H3,(H,20,21)(H,22,23)(H,24,25)(H,26,27). The van der Waals surface area contributed by atoms with E-state index in [0.717, 1.165) is 9.80 Å². The quantitative estimate of drug-likeness (QED) is 0.302. The fourth-order valence-electron chi connectivity index (χ4n) is 3.53. The van der Waals surface area contributed by atoms with Gasteiger partial charge in [0.2, 0.25) is 0 Å². The van der Waals surface area contributed by atoms with Crippen LogP contribution in [0.25, 0.3) is 0 Å². The van der Waals surface area contributed by atoms with Crippen LogP contribution in [0, 0.1) is 0 Å². The summed E-state index contributed by atoms with van der Waals surface area (Å²) >= 11 is 0. The molecule has 0 aromatic heterocycles. The van der Waals surface area contributed by atoms with Crippen LogP contribution in [-0.4, -0.2) is 104 Å². The van der Waals surface area contributed by atoms with Gasteiger partial charge in [0.05, 0.1) is 26.2 Å². The topological polar surface area (TPSA) is 182 Å². The molecule has 1 fully saturated rings. The van der Waals surface area contributed by atoms with Crippen molar-refractivity contribution < 1.29 is 49.1 Å². The van der Waals surface area contributed by atoms with Crippen molar-refractivity contribution in [2.45, 2.75) is 44.4 Å². The first-order valence-corrected chi connectivity index (χ1v) is 8.52. The van der Waals surface area contributed by atoms with Gasteiger partial charge in [-0.25, -0.2) is 0 Å². The van der Waals surface area contributed by atoms with Crippen LogP contribution in [0.2, 0.25) is 0 Å². The van der Waals surface area contributed by atoms with Crippen LogP contribution in [-0.2, 0) is 28.7 Å². The summed E-state index contributed by atoms with van der Waals surface area (Å²) in [5, 5.41) is 36.5. The van der Waals surface area contributed by atoms with Crippen LogP contribution in [0.5, 0.6) is 0 Å². The minimum Gasteiger partial charge on any atom is -0.480 e. The number of ether oxygens (including phenoxy) is 1. The fraction of sp³-hybridized carbons (Fsp3) is 0.688. The Labute approximate surface area is 160 Å². The van der Waals surface area contributed by atoms with Crippen molar-refractivity contribution in [3.05, 3.63) is 0 Å². The molecule has 12 nitrogen and oxygen atoms in total. The highest BCUT2D eigenvalue weighted by Gasteiger charge is 2.41. The molecule has 1 rings (SSSR count). The van der Waals surface area contributed by atoms with Crippen LogP contribution in [0.3, 0.4) is 0 Å². The third-order valence-electron chi connectivity index (χ3n) is 4.36. The minimum absolute atomic E-state index is 0.0561. The van der Waals surface area contributed by atoms with Crippen molar-refractivity contribution >= 4 is 29.8 Å². The molecule has 0 heterocycles. The van der Waals surface area contributed by atoms with Crippen molar-refractivity contribution in [1.82, 2.24) is 9.80 Å². The monoisotopic (exact) mass is 404 g/mol. The molecule has 3 atom stereocenters. The van der Waals surface area contributed by atoms with Crippen molar-refractivity contribution in [3.8, 4) is 0 Å². The predicted octanol–water partition coefficient (Wildman–Crippen LogP) is -1.22. The van der Waals surface area contributed by atoms with Gasteiger partial charge in [0.15, 0.2) is 0 Å². The van der Waals surface area contributed by atoms with Gasteiger partial charge in [-0.15, -0.1) is 0 Å². The molecule has 28 heavy (non-hydrogen) atoms. The Kier molecular flexibility index (Phi) is 8.79. The maximum absolute atomic E-state index is 11.3. The lowest BCUT2D eigenvalue weighted by Gasteiger charge is -2.45. The summed E-state index contributed by atoms with van der Waals surface area (Å²) in [5.41, 5.74) is 0. The molecule has 0 saturated heterocycles. The molecular formula is C16H24N2O10. The van der Waals surface area contributed by atoms with Gasteiger partial charge in [-0.05, 0) is 12.8 Å². The maximum Gasteiger partial charge on any atom is 0.317 e. The Balaban J connectivity index is 3.21. The first-order valence-electron chi connectivity index (χ1n) is 8.52. The van der Waals surface area contributed by atoms with E-state index in [-0.39, 0.29) is 12.8 Å². The lowest BCUT2D eigenvalue weighted by atomic mass is 9.85. The first-order chi connectivity index (χ1) is 13.0. The average molecular weight is 404 g/mol. The van der Waals surface area contributed by atoms with Gasteiger partial charge in [0.25, 0.3) is 0 Å². The van der Waals surface area contributed by atoms with Crippen molar-refractivity contribution in [3.63, 3.8) is 0 Å². The fourth-order valence-corrected chi connectivity index (χ4v) is 3.53. The van der Waals surface area contributed by atoms with Gasteiger partial charge in [-0.3, -0.25) is 33.8 Å². The van der Waals surface area contributed by atoms with E-state index in [1.54, 1.807) is 0 Å². The summed E-state index contributed by atoms with van der Waals surface area (Å²) in [7, 11) is 0. The SMILES string of the molecule is CC(=O)OC1CCC(N(CC(=O)O)CC(=O)O)C(N(CC(=O)O)CC(=O)O)C1. The van der Waals surface area contributed by atoms with Crippen LogP contribution < -0.4 is 0 Å². The van der Waals surface area contributed by atoms with E-state index in [4.69, 9.17) is 25.2 Å². The van der Waals surface area contributed by atoms with Gasteiger partial charge in [-0.2, -0.15) is 0 Å². The highest BCUT2D eigenvalue weighted by atomic mass is 16.5. The molecule has 3 unspecified atom stereocenters. The summed E-state index contributed by atoms with van der Waals surface area (Å²) in [6, 6.07) is -1.57. The summed E-state index contributed by atoms with van der Waals surface area (Å²) in [6.45, 7) is -1.31. The first kappa shape index (κ1) is 23.3. The van der Waals surface area contributed by atoms with Crippen molar-refractivity contribution in [1.29, 1.82) is 0 Å². The second kappa shape index (κ2) is 10.6. The molecule has 0 spiro atoms. The number of carbonyl (C=O) groups is 5. The molecule has 158 valence electrons. The lowest BCUT2D eigenvalue weighted by molar-refractivity contribution is -0.155. The van der Waals surface area contributed by atoms with E-state index in [0.29, 0.717) is 6.42 Å². The smallest absolute Gasteiger partial charge is 0.317 e. The number of hydrogen-bond donors (Lipinski definition) is 4. The van der Waals surface area contributed by atoms with Gasteiger partial charge < -0.3 is 25.2 Å². The Morgan fingerprint density at radius 1 is 0.750 bits per heavy atom. The molecule has 4 N–H and O–H groups in total. The van der Waals surface area contributed by atoms with Gasteiger partial charge in [0, 0.05) is 25.4 Å². The predicted molar refractivity (Wildman–Crippen MR) is 90.7 cm³/mol. The zero-order chi connectivity index (χ0) is 21.4. The lowest BCUT2D eigenvalue weighted by Crippen LogP contribution is -2.59. The van der Waals surface area contributed by atoms with Crippen LogP contribution in [0.15, 0.2) is 0 Å². The zero-order valence-corrected chi connectivity index (χ0v) is 15.3. The Hall–Kier alpha value is -2.73. The van der Waals surface area contributed by atoms with Crippen LogP contribution >= 0.6 is 0 Å². The number of rotatable bonds is 11. The summed E-state index contributed by atoms with van der Waals surface area (Å²) in [5.74, 6) is -5.69. The molecule has 0 aliphatic heterocycles.